The van der Waals surface area contributed by atoms with Gasteiger partial charge in [-0.05, 0) is 67.2 Å². The van der Waals surface area contributed by atoms with E-state index >= 15 is 0 Å². The Morgan fingerprint density at radius 1 is 0.875 bits per heavy atom. The molecule has 0 aliphatic carbocycles. The lowest BCUT2D eigenvalue weighted by Crippen LogP contribution is -2.47. The maximum Gasteiger partial charge on any atom is 0.249 e. The highest BCUT2D eigenvalue weighted by atomic mass is 32.2. The average molecular weight is 565 g/mol. The molecule has 1 atom stereocenters. The van der Waals surface area contributed by atoms with E-state index in [-0.39, 0.29) is 18.2 Å². The maximum atomic E-state index is 13.2. The summed E-state index contributed by atoms with van der Waals surface area (Å²) in [6.45, 7) is 6.76. The Bertz CT molecular complexity index is 1340. The van der Waals surface area contributed by atoms with Crippen molar-refractivity contribution in [1.82, 2.24) is 14.9 Å². The third kappa shape index (κ3) is 9.59. The van der Waals surface area contributed by atoms with Gasteiger partial charge in [-0.3, -0.25) is 9.59 Å². The van der Waals surface area contributed by atoms with Gasteiger partial charge in [0.25, 0.3) is 0 Å². The predicted octanol–water partition coefficient (Wildman–Crippen LogP) is 3.72. The summed E-state index contributed by atoms with van der Waals surface area (Å²) < 4.78 is 28.4. The Morgan fingerprint density at radius 3 is 2.17 bits per heavy atom. The van der Waals surface area contributed by atoms with E-state index in [1.165, 1.54) is 0 Å². The molecule has 0 aliphatic rings. The van der Waals surface area contributed by atoms with Crippen LogP contribution in [0.25, 0.3) is 11.1 Å². The molecule has 3 rings (SSSR count). The molecule has 0 bridgehead atoms. The van der Waals surface area contributed by atoms with E-state index in [1.54, 1.807) is 12.1 Å². The molecule has 214 valence electrons. The third-order valence-electron chi connectivity index (χ3n) is 6.91. The normalized spacial score (nSPS) is 12.3. The van der Waals surface area contributed by atoms with Gasteiger partial charge in [-0.2, -0.15) is 0 Å². The molecule has 4 N–H and O–H groups in total. The fraction of sp³-hybridized carbons (Fsp3) is 0.355. The Morgan fingerprint density at radius 2 is 1.52 bits per heavy atom. The number of hydrogen-bond acceptors (Lipinski definition) is 5. The molecule has 3 aromatic rings. The maximum absolute atomic E-state index is 13.2. The van der Waals surface area contributed by atoms with E-state index in [9.17, 15) is 18.0 Å². The number of nitrogens with zero attached hydrogens (tertiary/aromatic N) is 1. The van der Waals surface area contributed by atoms with Gasteiger partial charge in [0.2, 0.25) is 21.8 Å². The topological polar surface area (TPSA) is 122 Å². The fourth-order valence-electron chi connectivity index (χ4n) is 4.56. The standard InChI is InChI=1S/C31H40N4O4S/c1-3-35(4-2)21-10-22-40(38,39)34-29(20-17-24-11-6-5-7-12-24)31(37)33-23-25-15-18-26(19-16-25)27-13-8-9-14-28(27)30(32)36/h5-9,11-16,18-19,29,34H,3-4,10,17,20-23H2,1-2H3,(H2,32,36)(H,33,37)/t29-/m1/s1. The van der Waals surface area contributed by atoms with Crippen LogP contribution in [0.2, 0.25) is 0 Å². The van der Waals surface area contributed by atoms with Crippen molar-refractivity contribution in [2.45, 2.75) is 45.7 Å². The minimum atomic E-state index is -3.65. The molecule has 0 saturated heterocycles. The van der Waals surface area contributed by atoms with Crippen molar-refractivity contribution in [3.8, 4) is 11.1 Å². The first-order valence-electron chi connectivity index (χ1n) is 13.7. The number of primary amides is 1. The Balaban J connectivity index is 1.65. The summed E-state index contributed by atoms with van der Waals surface area (Å²) in [5.74, 6) is -0.900. The van der Waals surface area contributed by atoms with Gasteiger partial charge in [-0.25, -0.2) is 13.1 Å². The van der Waals surface area contributed by atoms with Crippen molar-refractivity contribution in [3.63, 3.8) is 0 Å². The number of benzene rings is 3. The van der Waals surface area contributed by atoms with Gasteiger partial charge in [0.15, 0.2) is 0 Å². The van der Waals surface area contributed by atoms with Crippen LogP contribution in [-0.2, 0) is 27.8 Å². The highest BCUT2D eigenvalue weighted by Gasteiger charge is 2.24. The average Bonchev–Trinajstić information content (AvgIpc) is 2.97. The van der Waals surface area contributed by atoms with Crippen LogP contribution < -0.4 is 15.8 Å². The summed E-state index contributed by atoms with van der Waals surface area (Å²) in [6, 6.07) is 23.4. The van der Waals surface area contributed by atoms with Crippen LogP contribution in [-0.4, -0.2) is 56.6 Å². The monoisotopic (exact) mass is 564 g/mol. The highest BCUT2D eigenvalue weighted by molar-refractivity contribution is 7.89. The van der Waals surface area contributed by atoms with Crippen LogP contribution in [0, 0.1) is 0 Å². The summed E-state index contributed by atoms with van der Waals surface area (Å²) in [6.07, 6.45) is 1.40. The summed E-state index contributed by atoms with van der Waals surface area (Å²) in [5, 5.41) is 2.89. The van der Waals surface area contributed by atoms with E-state index in [2.05, 4.69) is 14.9 Å². The van der Waals surface area contributed by atoms with Gasteiger partial charge in [0.05, 0.1) is 5.75 Å². The molecule has 0 spiro atoms. The summed E-state index contributed by atoms with van der Waals surface area (Å²) in [4.78, 5) is 27.2. The molecule has 40 heavy (non-hydrogen) atoms. The van der Waals surface area contributed by atoms with Gasteiger partial charge < -0.3 is 16.0 Å². The van der Waals surface area contributed by atoms with Crippen LogP contribution in [0.4, 0.5) is 0 Å². The number of rotatable bonds is 16. The first-order chi connectivity index (χ1) is 19.2. The molecule has 0 unspecified atom stereocenters. The largest absolute Gasteiger partial charge is 0.366 e. The number of sulfonamides is 1. The number of hydrogen-bond donors (Lipinski definition) is 3. The van der Waals surface area contributed by atoms with Gasteiger partial charge in [-0.1, -0.05) is 86.6 Å². The summed E-state index contributed by atoms with van der Waals surface area (Å²) >= 11 is 0. The molecule has 0 aromatic heterocycles. The zero-order chi connectivity index (χ0) is 29.0. The van der Waals surface area contributed by atoms with Crippen molar-refractivity contribution in [1.29, 1.82) is 0 Å². The van der Waals surface area contributed by atoms with Crippen molar-refractivity contribution < 1.29 is 18.0 Å². The highest BCUT2D eigenvalue weighted by Crippen LogP contribution is 2.24. The van der Waals surface area contributed by atoms with Gasteiger partial charge in [-0.15, -0.1) is 0 Å². The van der Waals surface area contributed by atoms with E-state index in [0.717, 1.165) is 35.3 Å². The van der Waals surface area contributed by atoms with Crippen molar-refractivity contribution in [2.24, 2.45) is 5.73 Å². The van der Waals surface area contributed by atoms with Crippen LogP contribution >= 0.6 is 0 Å². The molecule has 0 aliphatic heterocycles. The molecular weight excluding hydrogens is 524 g/mol. The predicted molar refractivity (Wildman–Crippen MR) is 160 cm³/mol. The molecular formula is C31H40N4O4S. The van der Waals surface area contributed by atoms with Crippen LogP contribution in [0.5, 0.6) is 0 Å². The lowest BCUT2D eigenvalue weighted by atomic mass is 9.98. The fourth-order valence-corrected chi connectivity index (χ4v) is 5.84. The second kappa shape index (κ2) is 15.3. The number of carbonyl (C=O) groups is 2. The Labute approximate surface area is 238 Å². The molecule has 0 heterocycles. The van der Waals surface area contributed by atoms with Crippen LogP contribution in [0.15, 0.2) is 78.9 Å². The van der Waals surface area contributed by atoms with Crippen LogP contribution in [0.1, 0.15) is 48.2 Å². The molecule has 8 nitrogen and oxygen atoms in total. The minimum Gasteiger partial charge on any atom is -0.366 e. The number of amides is 2. The van der Waals surface area contributed by atoms with Crippen molar-refractivity contribution in [2.75, 3.05) is 25.4 Å². The van der Waals surface area contributed by atoms with E-state index in [1.807, 2.05) is 80.6 Å². The summed E-state index contributed by atoms with van der Waals surface area (Å²) in [5.41, 5.74) is 9.40. The first-order valence-corrected chi connectivity index (χ1v) is 15.4. The second-order valence-corrected chi connectivity index (χ2v) is 11.6. The lowest BCUT2D eigenvalue weighted by molar-refractivity contribution is -0.123. The van der Waals surface area contributed by atoms with E-state index < -0.39 is 22.0 Å². The number of nitrogens with two attached hydrogens (primary N) is 1. The molecule has 2 amide bonds. The number of carbonyl (C=O) groups excluding carboxylic acids is 2. The Kier molecular flexibility index (Phi) is 11.9. The van der Waals surface area contributed by atoms with E-state index in [4.69, 9.17) is 5.73 Å². The first kappa shape index (κ1) is 31.0. The molecule has 9 heteroatoms. The molecule has 0 radical (unpaired) electrons. The molecule has 3 aromatic carbocycles. The van der Waals surface area contributed by atoms with Crippen molar-refractivity contribution in [3.05, 3.63) is 95.6 Å². The molecule has 0 fully saturated rings. The number of nitrogens with one attached hydrogen (secondary N) is 2. The van der Waals surface area contributed by atoms with Crippen LogP contribution in [0.3, 0.4) is 0 Å². The SMILES string of the molecule is CCN(CC)CCCS(=O)(=O)N[C@H](CCc1ccccc1)C(=O)NCc1ccc(-c2ccccc2C(N)=O)cc1. The molecule has 0 saturated carbocycles. The van der Waals surface area contributed by atoms with Crippen molar-refractivity contribution >= 4 is 21.8 Å². The van der Waals surface area contributed by atoms with Gasteiger partial charge in [0.1, 0.15) is 6.04 Å². The van der Waals surface area contributed by atoms with E-state index in [0.29, 0.717) is 31.4 Å². The minimum absolute atomic E-state index is 0.0349. The zero-order valence-corrected chi connectivity index (χ0v) is 24.1. The summed E-state index contributed by atoms with van der Waals surface area (Å²) in [7, 11) is -3.65. The second-order valence-electron chi connectivity index (χ2n) is 9.72. The smallest absolute Gasteiger partial charge is 0.249 e. The Hall–Kier alpha value is -3.53. The van der Waals surface area contributed by atoms with Gasteiger partial charge >= 0.3 is 0 Å². The van der Waals surface area contributed by atoms with Gasteiger partial charge in [0, 0.05) is 12.1 Å². The number of aryl methyl sites for hydroxylation is 1. The quantitative estimate of drug-likeness (QED) is 0.245. The third-order valence-corrected chi connectivity index (χ3v) is 8.38. The zero-order valence-electron chi connectivity index (χ0n) is 23.3. The lowest BCUT2D eigenvalue weighted by Gasteiger charge is -2.20.